The van der Waals surface area contributed by atoms with Crippen molar-refractivity contribution in [3.8, 4) is 34.0 Å². The van der Waals surface area contributed by atoms with Crippen molar-refractivity contribution in [3.63, 3.8) is 0 Å². The van der Waals surface area contributed by atoms with E-state index in [9.17, 15) is 40.0 Å². The van der Waals surface area contributed by atoms with Gasteiger partial charge in [0.15, 0.2) is 6.29 Å². The lowest BCUT2D eigenvalue weighted by Gasteiger charge is -2.12. The molecule has 10 rings (SSSR count). The van der Waals surface area contributed by atoms with Crippen molar-refractivity contribution in [1.82, 2.24) is 19.9 Å². The minimum atomic E-state index is -3.02. The Labute approximate surface area is 459 Å². The van der Waals surface area contributed by atoms with Gasteiger partial charge < -0.3 is 24.7 Å². The summed E-state index contributed by atoms with van der Waals surface area (Å²) in [4.78, 5) is 52.1. The Hall–Kier alpha value is -7.19. The van der Waals surface area contributed by atoms with Gasteiger partial charge in [-0.2, -0.15) is 0 Å². The Morgan fingerprint density at radius 1 is 0.658 bits per heavy atom. The molecule has 4 heterocycles. The van der Waals surface area contributed by atoms with Gasteiger partial charge >= 0.3 is 11.9 Å². The fourth-order valence-electron chi connectivity index (χ4n) is 10.7. The quantitative estimate of drug-likeness (QED) is 0.0428. The van der Waals surface area contributed by atoms with Crippen LogP contribution in [-0.4, -0.2) is 105 Å². The van der Waals surface area contributed by atoms with Crippen molar-refractivity contribution in [3.05, 3.63) is 147 Å². The van der Waals surface area contributed by atoms with Crippen LogP contribution in [0.4, 0.5) is 14.6 Å². The van der Waals surface area contributed by atoms with Gasteiger partial charge in [-0.3, -0.25) is 19.4 Å². The lowest BCUT2D eigenvalue weighted by atomic mass is 9.98. The standard InChI is InChI=1S/C30H33FN2O5S.C17H18FNO4S.C12H14N2O2/c1-4-37-30(34)29-24-16-21-15-22(32-17-25(21)28(24)29)8-6-20-14-19(7-10-26(20)31)23-9-11-27(33-18(23)2)38-12-5-13-39(3,35)36;1-12-15(13-4-6-16(18)14(10-13)11-20)5-7-17(19-12)23-8-3-9-24(2,21)22;1-2-16-12(15)11-7-3-6-4-9(13)14-5-8(6)10(7)11/h7,9-11,14-15,17,24,28-29H,4-6,8,12-13,16H2,1-3H3;4-7,10-11H,3,8-9H2,1-2H3;4-5,7,10-11H,2-3H2,1H3,(H2,13,14). The van der Waals surface area contributed by atoms with Gasteiger partial charge in [-0.25, -0.2) is 40.6 Å². The van der Waals surface area contributed by atoms with Crippen LogP contribution in [-0.2, 0) is 64.4 Å². The van der Waals surface area contributed by atoms with E-state index < -0.39 is 25.5 Å². The smallest absolute Gasteiger partial charge is 0.309 e. The van der Waals surface area contributed by atoms with Crippen molar-refractivity contribution in [2.24, 2.45) is 23.7 Å². The van der Waals surface area contributed by atoms with Crippen LogP contribution >= 0.6 is 0 Å². The van der Waals surface area contributed by atoms with E-state index in [-0.39, 0.29) is 65.8 Å². The number of hydrogen-bond acceptors (Lipinski definition) is 16. The van der Waals surface area contributed by atoms with Gasteiger partial charge in [-0.1, -0.05) is 12.1 Å². The summed E-state index contributed by atoms with van der Waals surface area (Å²) < 4.78 is 94.1. The normalized spacial score (nSPS) is 18.9. The predicted molar refractivity (Wildman–Crippen MR) is 294 cm³/mol. The van der Waals surface area contributed by atoms with Crippen LogP contribution in [0.1, 0.15) is 93.8 Å². The Morgan fingerprint density at radius 2 is 1.15 bits per heavy atom. The number of aromatic nitrogens is 4. The van der Waals surface area contributed by atoms with Gasteiger partial charge in [0.2, 0.25) is 11.8 Å². The first-order chi connectivity index (χ1) is 37.7. The van der Waals surface area contributed by atoms with Gasteiger partial charge in [0.25, 0.3) is 0 Å². The number of rotatable bonds is 20. The number of nitrogens with two attached hydrogens (primary N) is 1. The number of benzene rings is 2. The number of ether oxygens (including phenoxy) is 4. The topological polar surface area (TPSA) is 234 Å². The molecule has 4 aliphatic rings. The van der Waals surface area contributed by atoms with Crippen LogP contribution in [0.15, 0.2) is 85.2 Å². The van der Waals surface area contributed by atoms with E-state index in [1.165, 1.54) is 47.4 Å². The van der Waals surface area contributed by atoms with Crippen LogP contribution in [0.25, 0.3) is 22.3 Å². The molecule has 2 fully saturated rings. The molecule has 0 spiro atoms. The second kappa shape index (κ2) is 24.9. The summed E-state index contributed by atoms with van der Waals surface area (Å²) in [5.74, 6) is 1.90. The summed E-state index contributed by atoms with van der Waals surface area (Å²) in [5.41, 5.74) is 16.6. The fraction of sp³-hybridized carbons (Fsp3) is 0.407. The van der Waals surface area contributed by atoms with Crippen LogP contribution in [0, 0.1) is 49.2 Å². The van der Waals surface area contributed by atoms with Crippen molar-refractivity contribution in [1.29, 1.82) is 0 Å². The number of anilines is 1. The largest absolute Gasteiger partial charge is 0.478 e. The molecule has 2 saturated carbocycles. The first-order valence-corrected chi connectivity index (χ1v) is 30.4. The average molecular weight is 1120 g/mol. The maximum absolute atomic E-state index is 14.7. The van der Waals surface area contributed by atoms with Crippen LogP contribution in [0.3, 0.4) is 0 Å². The molecule has 6 aromatic rings. The van der Waals surface area contributed by atoms with E-state index in [1.54, 1.807) is 37.3 Å². The van der Waals surface area contributed by atoms with Crippen molar-refractivity contribution < 1.29 is 58.9 Å². The molecule has 2 aromatic carbocycles. The Morgan fingerprint density at radius 3 is 1.65 bits per heavy atom. The van der Waals surface area contributed by atoms with E-state index >= 15 is 0 Å². The first-order valence-electron chi connectivity index (χ1n) is 26.3. The van der Waals surface area contributed by atoms with Crippen LogP contribution < -0.4 is 15.2 Å². The molecule has 6 unspecified atom stereocenters. The van der Waals surface area contributed by atoms with Gasteiger partial charge in [-0.05, 0) is 166 Å². The van der Waals surface area contributed by atoms with Gasteiger partial charge in [0.1, 0.15) is 37.1 Å². The zero-order valence-electron chi connectivity index (χ0n) is 45.0. The lowest BCUT2D eigenvalue weighted by molar-refractivity contribution is -0.146. The number of esters is 2. The number of carbonyl (C=O) groups excluding carboxylic acids is 3. The fourth-order valence-corrected chi connectivity index (χ4v) is 12.0. The highest BCUT2D eigenvalue weighted by Gasteiger charge is 2.61. The summed E-state index contributed by atoms with van der Waals surface area (Å²) in [5, 5.41) is 0. The molecule has 0 amide bonds. The SMILES string of the molecule is CCOC(=O)C1C2Cc3cc(CCc4cc(-c5ccc(OCCCS(C)(=O)=O)nc5C)ccc4F)ncc3C21.CCOC(=O)C1C2Cc3cc(N)ncc3C21.Cc1nc(OCCCS(C)(=O)=O)ccc1-c1ccc(F)c(C=O)c1. The molecule has 4 aromatic heterocycles. The summed E-state index contributed by atoms with van der Waals surface area (Å²) in [6, 6.07) is 20.5. The zero-order valence-corrected chi connectivity index (χ0v) is 46.7. The number of halogens is 2. The van der Waals surface area contributed by atoms with Crippen LogP contribution in [0.2, 0.25) is 0 Å². The highest BCUT2D eigenvalue weighted by atomic mass is 32.2. The van der Waals surface area contributed by atoms with E-state index in [0.717, 1.165) is 46.5 Å². The molecular weight excluding hydrogens is 1060 g/mol. The molecular formula is C59H65F2N5O11S2. The lowest BCUT2D eigenvalue weighted by Crippen LogP contribution is -2.11. The number of aldehydes is 1. The zero-order chi connectivity index (χ0) is 56.8. The maximum Gasteiger partial charge on any atom is 0.309 e. The van der Waals surface area contributed by atoms with Crippen LogP contribution in [0.5, 0.6) is 11.8 Å². The number of nitrogens with zero attached hydrogens (tertiary/aromatic N) is 4. The molecule has 2 N–H and O–H groups in total. The number of nitrogen functional groups attached to an aromatic ring is 1. The molecule has 0 aliphatic heterocycles. The Bertz CT molecular complexity index is 3490. The summed E-state index contributed by atoms with van der Waals surface area (Å²) >= 11 is 0. The molecule has 0 bridgehead atoms. The highest BCUT2D eigenvalue weighted by Crippen LogP contribution is 2.62. The van der Waals surface area contributed by atoms with Crippen molar-refractivity contribution >= 4 is 43.7 Å². The minimum Gasteiger partial charge on any atom is -0.478 e. The molecule has 79 heavy (non-hydrogen) atoms. The first kappa shape index (κ1) is 58.0. The Balaban J connectivity index is 0.000000173. The highest BCUT2D eigenvalue weighted by molar-refractivity contribution is 7.90. The van der Waals surface area contributed by atoms with Gasteiger partial charge in [0, 0.05) is 77.1 Å². The third-order valence-corrected chi connectivity index (χ3v) is 16.7. The molecule has 0 saturated heterocycles. The summed E-state index contributed by atoms with van der Waals surface area (Å²) in [7, 11) is -6.02. The molecule has 418 valence electrons. The number of sulfone groups is 2. The predicted octanol–water partition coefficient (Wildman–Crippen LogP) is 8.57. The number of aryl methyl sites for hydroxylation is 4. The van der Waals surface area contributed by atoms with Crippen molar-refractivity contribution in [2.75, 3.05) is 56.2 Å². The number of pyridine rings is 4. The van der Waals surface area contributed by atoms with E-state index in [0.29, 0.717) is 97.3 Å². The third kappa shape index (κ3) is 14.5. The van der Waals surface area contributed by atoms with E-state index in [1.807, 2.05) is 51.4 Å². The second-order valence-corrected chi connectivity index (χ2v) is 24.9. The maximum atomic E-state index is 14.7. The van der Waals surface area contributed by atoms with Crippen molar-refractivity contribution in [2.45, 2.75) is 78.1 Å². The summed E-state index contributed by atoms with van der Waals surface area (Å²) in [6.45, 7) is 8.70. The minimum absolute atomic E-state index is 0.00648. The summed E-state index contributed by atoms with van der Waals surface area (Å²) in [6.07, 6.45) is 10.3. The van der Waals surface area contributed by atoms with Gasteiger partial charge in [0.05, 0.1) is 55.3 Å². The van der Waals surface area contributed by atoms with E-state index in [2.05, 4.69) is 26.0 Å². The van der Waals surface area contributed by atoms with E-state index in [4.69, 9.17) is 24.7 Å². The molecule has 0 radical (unpaired) electrons. The Kier molecular flexibility index (Phi) is 18.2. The number of hydrogen-bond donors (Lipinski definition) is 1. The number of carbonyl (C=O) groups is 3. The second-order valence-electron chi connectivity index (χ2n) is 20.4. The average Bonchev–Trinajstić information content (AvgIpc) is 3.79. The molecule has 20 heteroatoms. The van der Waals surface area contributed by atoms with Gasteiger partial charge in [-0.15, -0.1) is 0 Å². The monoisotopic (exact) mass is 1120 g/mol. The molecule has 6 atom stereocenters. The third-order valence-electron chi connectivity index (χ3n) is 14.6. The number of fused-ring (bicyclic) bond motifs is 6. The molecule has 4 aliphatic carbocycles. The molecule has 16 nitrogen and oxygen atoms in total.